The van der Waals surface area contributed by atoms with Crippen molar-refractivity contribution < 1.29 is 13.2 Å². The number of nitrogens with two attached hydrogens (primary N) is 1. The monoisotopic (exact) mass is 226 g/mol. The number of hydrogen-bond acceptors (Lipinski definition) is 5. The Morgan fingerprint density at radius 1 is 1.31 bits per heavy atom. The molecule has 2 rings (SSSR count). The Bertz CT molecular complexity index is 500. The van der Waals surface area contributed by atoms with Gasteiger partial charge in [0.15, 0.2) is 0 Å². The third kappa shape index (κ3) is 2.25. The Balaban J connectivity index is 2.04. The van der Waals surface area contributed by atoms with Crippen LogP contribution in [0.3, 0.4) is 0 Å². The van der Waals surface area contributed by atoms with Gasteiger partial charge >= 0.3 is 12.0 Å². The molecule has 0 aliphatic carbocycles. The van der Waals surface area contributed by atoms with E-state index >= 15 is 0 Å². The number of nitrogens with one attached hydrogen (secondary N) is 1. The fraction of sp³-hybridized carbons (Fsp3) is 0.111. The van der Waals surface area contributed by atoms with Gasteiger partial charge in [0.05, 0.1) is 0 Å². The number of nitrogens with zero attached hydrogens (tertiary/aromatic N) is 2. The van der Waals surface area contributed by atoms with Crippen molar-refractivity contribution in [2.75, 3.05) is 11.1 Å². The number of halogens is 2. The van der Waals surface area contributed by atoms with Crippen LogP contribution >= 0.6 is 0 Å². The van der Waals surface area contributed by atoms with Gasteiger partial charge in [-0.25, -0.2) is 8.78 Å². The first-order valence-corrected chi connectivity index (χ1v) is 4.42. The minimum atomic E-state index is -0.639. The van der Waals surface area contributed by atoms with Gasteiger partial charge < -0.3 is 15.5 Å². The standard InChI is InChI=1S/C9H8F2N4O/c10-6-2-1-5(7(11)3-6)4-13-9-15-14-8(12)16-9/h1-3H,4H2,(H2,12,14)(H,13,15). The smallest absolute Gasteiger partial charge is 0.317 e. The van der Waals surface area contributed by atoms with Gasteiger partial charge in [-0.2, -0.15) is 0 Å². The van der Waals surface area contributed by atoms with E-state index in [4.69, 9.17) is 10.2 Å². The molecule has 16 heavy (non-hydrogen) atoms. The SMILES string of the molecule is Nc1nnc(NCc2ccc(F)cc2F)o1. The molecule has 0 radical (unpaired) electrons. The van der Waals surface area contributed by atoms with E-state index in [-0.39, 0.29) is 24.1 Å². The summed E-state index contributed by atoms with van der Waals surface area (Å²) in [4.78, 5) is 0. The van der Waals surface area contributed by atoms with Crippen LogP contribution in [-0.2, 0) is 6.54 Å². The van der Waals surface area contributed by atoms with E-state index in [1.807, 2.05) is 0 Å². The molecule has 3 N–H and O–H groups in total. The summed E-state index contributed by atoms with van der Waals surface area (Å²) in [5, 5.41) is 9.60. The van der Waals surface area contributed by atoms with E-state index in [2.05, 4.69) is 15.5 Å². The second-order valence-electron chi connectivity index (χ2n) is 3.03. The number of rotatable bonds is 3. The normalized spacial score (nSPS) is 10.4. The predicted octanol–water partition coefficient (Wildman–Crippen LogP) is 1.54. The lowest BCUT2D eigenvalue weighted by Crippen LogP contribution is -2.02. The fourth-order valence-corrected chi connectivity index (χ4v) is 1.14. The van der Waals surface area contributed by atoms with Gasteiger partial charge in [0, 0.05) is 18.2 Å². The summed E-state index contributed by atoms with van der Waals surface area (Å²) in [7, 11) is 0. The molecule has 0 unspecified atom stereocenters. The van der Waals surface area contributed by atoms with Crippen molar-refractivity contribution >= 4 is 12.0 Å². The van der Waals surface area contributed by atoms with E-state index in [1.165, 1.54) is 12.1 Å². The number of nitrogen functional groups attached to an aromatic ring is 1. The van der Waals surface area contributed by atoms with Gasteiger partial charge in [-0.05, 0) is 6.07 Å². The highest BCUT2D eigenvalue weighted by molar-refractivity contribution is 5.27. The van der Waals surface area contributed by atoms with Crippen molar-refractivity contribution in [2.45, 2.75) is 6.54 Å². The lowest BCUT2D eigenvalue weighted by Gasteiger charge is -2.02. The number of aromatic nitrogens is 2. The zero-order valence-electron chi connectivity index (χ0n) is 8.08. The van der Waals surface area contributed by atoms with Crippen LogP contribution in [-0.4, -0.2) is 10.2 Å². The summed E-state index contributed by atoms with van der Waals surface area (Å²) < 4.78 is 30.6. The van der Waals surface area contributed by atoms with Gasteiger partial charge in [-0.15, -0.1) is 0 Å². The molecule has 84 valence electrons. The van der Waals surface area contributed by atoms with Crippen LogP contribution in [0, 0.1) is 11.6 Å². The molecule has 1 aromatic carbocycles. The largest absolute Gasteiger partial charge is 0.390 e. The Labute approximate surface area is 89.3 Å². The first-order chi connectivity index (χ1) is 7.65. The maximum Gasteiger partial charge on any atom is 0.317 e. The molecule has 5 nitrogen and oxygen atoms in total. The molecule has 0 bridgehead atoms. The van der Waals surface area contributed by atoms with E-state index < -0.39 is 11.6 Å². The molecule has 7 heteroatoms. The summed E-state index contributed by atoms with van der Waals surface area (Å²) in [6, 6.07) is 3.31. The molecule has 1 heterocycles. The molecule has 0 amide bonds. The second-order valence-corrected chi connectivity index (χ2v) is 3.03. The maximum absolute atomic E-state index is 13.2. The Kier molecular flexibility index (Phi) is 2.67. The van der Waals surface area contributed by atoms with Crippen molar-refractivity contribution in [1.82, 2.24) is 10.2 Å². The summed E-state index contributed by atoms with van der Waals surface area (Å²) >= 11 is 0. The first kappa shape index (κ1) is 10.3. The lowest BCUT2D eigenvalue weighted by atomic mass is 10.2. The Morgan fingerprint density at radius 3 is 2.75 bits per heavy atom. The van der Waals surface area contributed by atoms with Crippen molar-refractivity contribution in [1.29, 1.82) is 0 Å². The summed E-state index contributed by atoms with van der Waals surface area (Å²) in [5.41, 5.74) is 5.48. The van der Waals surface area contributed by atoms with Crippen molar-refractivity contribution in [3.63, 3.8) is 0 Å². The lowest BCUT2D eigenvalue weighted by molar-refractivity contribution is 0.568. The van der Waals surface area contributed by atoms with Crippen LogP contribution in [0.5, 0.6) is 0 Å². The Hall–Kier alpha value is -2.18. The van der Waals surface area contributed by atoms with Gasteiger partial charge in [0.1, 0.15) is 11.6 Å². The van der Waals surface area contributed by atoms with Crippen LogP contribution in [0.15, 0.2) is 22.6 Å². The summed E-state index contributed by atoms with van der Waals surface area (Å²) in [5.74, 6) is -1.26. The topological polar surface area (TPSA) is 77.0 Å². The molecule has 2 aromatic rings. The second kappa shape index (κ2) is 4.13. The first-order valence-electron chi connectivity index (χ1n) is 4.42. The van der Waals surface area contributed by atoms with Crippen LogP contribution in [0.4, 0.5) is 20.8 Å². The zero-order valence-corrected chi connectivity index (χ0v) is 8.08. The minimum absolute atomic E-state index is 0.0814. The maximum atomic E-state index is 13.2. The van der Waals surface area contributed by atoms with Crippen LogP contribution in [0.1, 0.15) is 5.56 Å². The molecular formula is C9H8F2N4O. The molecule has 0 aliphatic rings. The van der Waals surface area contributed by atoms with E-state index in [0.29, 0.717) is 0 Å². The van der Waals surface area contributed by atoms with Gasteiger partial charge in [-0.3, -0.25) is 0 Å². The fourth-order valence-electron chi connectivity index (χ4n) is 1.14. The van der Waals surface area contributed by atoms with Gasteiger partial charge in [0.2, 0.25) is 0 Å². The molecule has 0 fully saturated rings. The van der Waals surface area contributed by atoms with E-state index in [9.17, 15) is 8.78 Å². The number of anilines is 2. The molecule has 0 atom stereocenters. The average Bonchev–Trinajstić information content (AvgIpc) is 2.63. The molecular weight excluding hydrogens is 218 g/mol. The predicted molar refractivity (Wildman–Crippen MR) is 52.4 cm³/mol. The van der Waals surface area contributed by atoms with Crippen molar-refractivity contribution in [2.24, 2.45) is 0 Å². The molecule has 0 saturated heterocycles. The van der Waals surface area contributed by atoms with Crippen LogP contribution < -0.4 is 11.1 Å². The third-order valence-corrected chi connectivity index (χ3v) is 1.89. The summed E-state index contributed by atoms with van der Waals surface area (Å²) in [6.45, 7) is 0.105. The summed E-state index contributed by atoms with van der Waals surface area (Å²) in [6.07, 6.45) is 0. The van der Waals surface area contributed by atoms with Crippen molar-refractivity contribution in [3.05, 3.63) is 35.4 Å². The molecule has 0 spiro atoms. The molecule has 0 saturated carbocycles. The van der Waals surface area contributed by atoms with Crippen LogP contribution in [0.2, 0.25) is 0 Å². The molecule has 0 aliphatic heterocycles. The molecule has 1 aromatic heterocycles. The highest BCUT2D eigenvalue weighted by atomic mass is 19.1. The number of benzene rings is 1. The van der Waals surface area contributed by atoms with E-state index in [0.717, 1.165) is 6.07 Å². The third-order valence-electron chi connectivity index (χ3n) is 1.89. The van der Waals surface area contributed by atoms with Crippen LogP contribution in [0.25, 0.3) is 0 Å². The minimum Gasteiger partial charge on any atom is -0.390 e. The highest BCUT2D eigenvalue weighted by Gasteiger charge is 2.06. The highest BCUT2D eigenvalue weighted by Crippen LogP contribution is 2.12. The average molecular weight is 226 g/mol. The van der Waals surface area contributed by atoms with Gasteiger partial charge in [0.25, 0.3) is 0 Å². The van der Waals surface area contributed by atoms with Gasteiger partial charge in [-0.1, -0.05) is 16.3 Å². The Morgan fingerprint density at radius 2 is 2.12 bits per heavy atom. The quantitative estimate of drug-likeness (QED) is 0.830. The zero-order chi connectivity index (χ0) is 11.5. The van der Waals surface area contributed by atoms with Crippen molar-refractivity contribution in [3.8, 4) is 0 Å². The van der Waals surface area contributed by atoms with E-state index in [1.54, 1.807) is 0 Å². The number of hydrogen-bond donors (Lipinski definition) is 2.